The Hall–Kier alpha value is -2.34. The molecule has 0 radical (unpaired) electrons. The summed E-state index contributed by atoms with van der Waals surface area (Å²) in [6.07, 6.45) is 1.76. The Labute approximate surface area is 136 Å². The van der Waals surface area contributed by atoms with E-state index < -0.39 is 10.0 Å². The van der Waals surface area contributed by atoms with Gasteiger partial charge in [-0.3, -0.25) is 9.52 Å². The van der Waals surface area contributed by atoms with Crippen molar-refractivity contribution < 1.29 is 13.2 Å². The van der Waals surface area contributed by atoms with E-state index in [2.05, 4.69) is 10.0 Å². The zero-order valence-electron chi connectivity index (χ0n) is 13.1. The standard InChI is InChI=1S/C17H20N2O3S/c1-3-16(13-8-5-4-6-9-13)17(20)18-14-10-7-11-15(12-14)19-23(2,21)22/h4-12,16,19H,3H2,1-2H3,(H,18,20). The number of amides is 1. The van der Waals surface area contributed by atoms with Crippen LogP contribution in [0.15, 0.2) is 54.6 Å². The van der Waals surface area contributed by atoms with Gasteiger partial charge in [-0.15, -0.1) is 0 Å². The highest BCUT2D eigenvalue weighted by atomic mass is 32.2. The van der Waals surface area contributed by atoms with Crippen molar-refractivity contribution in [2.24, 2.45) is 0 Å². The molecule has 2 rings (SSSR count). The second kappa shape index (κ2) is 7.28. The number of carbonyl (C=O) groups excluding carboxylic acids is 1. The van der Waals surface area contributed by atoms with Gasteiger partial charge in [-0.2, -0.15) is 0 Å². The molecule has 0 spiro atoms. The van der Waals surface area contributed by atoms with Crippen LogP contribution in [0.1, 0.15) is 24.8 Å². The van der Waals surface area contributed by atoms with Gasteiger partial charge in [0.2, 0.25) is 15.9 Å². The lowest BCUT2D eigenvalue weighted by Gasteiger charge is -2.16. The summed E-state index contributed by atoms with van der Waals surface area (Å²) in [5.41, 5.74) is 1.93. The fourth-order valence-electron chi connectivity index (χ4n) is 2.36. The van der Waals surface area contributed by atoms with Gasteiger partial charge in [0.15, 0.2) is 0 Å². The predicted octanol–water partition coefficient (Wildman–Crippen LogP) is 3.19. The highest BCUT2D eigenvalue weighted by Gasteiger charge is 2.18. The van der Waals surface area contributed by atoms with E-state index in [1.54, 1.807) is 24.3 Å². The molecule has 0 aliphatic heterocycles. The van der Waals surface area contributed by atoms with Crippen LogP contribution < -0.4 is 10.0 Å². The van der Waals surface area contributed by atoms with Gasteiger partial charge in [0.05, 0.1) is 17.9 Å². The van der Waals surface area contributed by atoms with E-state index in [4.69, 9.17) is 0 Å². The number of benzene rings is 2. The maximum Gasteiger partial charge on any atom is 0.231 e. The Balaban J connectivity index is 2.15. The van der Waals surface area contributed by atoms with Gasteiger partial charge in [0, 0.05) is 5.69 Å². The molecule has 0 bridgehead atoms. The third-order valence-electron chi connectivity index (χ3n) is 3.36. The molecule has 23 heavy (non-hydrogen) atoms. The zero-order valence-corrected chi connectivity index (χ0v) is 13.9. The molecular formula is C17H20N2O3S. The molecule has 5 nitrogen and oxygen atoms in total. The molecule has 1 unspecified atom stereocenters. The fraction of sp³-hybridized carbons (Fsp3) is 0.235. The number of rotatable bonds is 6. The molecule has 0 aliphatic rings. The monoisotopic (exact) mass is 332 g/mol. The van der Waals surface area contributed by atoms with Gasteiger partial charge < -0.3 is 5.32 Å². The topological polar surface area (TPSA) is 75.3 Å². The van der Waals surface area contributed by atoms with Crippen LogP contribution >= 0.6 is 0 Å². The SMILES string of the molecule is CCC(C(=O)Nc1cccc(NS(C)(=O)=O)c1)c1ccccc1. The maximum absolute atomic E-state index is 12.5. The maximum atomic E-state index is 12.5. The van der Waals surface area contributed by atoms with Crippen molar-refractivity contribution in [2.75, 3.05) is 16.3 Å². The van der Waals surface area contributed by atoms with Gasteiger partial charge in [-0.05, 0) is 30.2 Å². The summed E-state index contributed by atoms with van der Waals surface area (Å²) >= 11 is 0. The summed E-state index contributed by atoms with van der Waals surface area (Å²) in [5.74, 6) is -0.363. The van der Waals surface area contributed by atoms with E-state index in [1.165, 1.54) is 0 Å². The van der Waals surface area contributed by atoms with Crippen LogP contribution in [0.25, 0.3) is 0 Å². The quantitative estimate of drug-likeness (QED) is 0.853. The van der Waals surface area contributed by atoms with Crippen LogP contribution in [0.3, 0.4) is 0 Å². The van der Waals surface area contributed by atoms with Crippen molar-refractivity contribution in [2.45, 2.75) is 19.3 Å². The van der Waals surface area contributed by atoms with Crippen molar-refractivity contribution >= 4 is 27.3 Å². The molecule has 0 fully saturated rings. The molecule has 2 N–H and O–H groups in total. The first kappa shape index (κ1) is 17.0. The molecule has 6 heteroatoms. The van der Waals surface area contributed by atoms with Crippen molar-refractivity contribution in [1.82, 2.24) is 0 Å². The third kappa shape index (κ3) is 5.10. The Morgan fingerprint density at radius 2 is 1.70 bits per heavy atom. The minimum atomic E-state index is -3.35. The summed E-state index contributed by atoms with van der Waals surface area (Å²) in [6, 6.07) is 16.2. The zero-order chi connectivity index (χ0) is 16.9. The lowest BCUT2D eigenvalue weighted by Crippen LogP contribution is -2.20. The van der Waals surface area contributed by atoms with Crippen LogP contribution in [-0.4, -0.2) is 20.6 Å². The van der Waals surface area contributed by atoms with Gasteiger partial charge >= 0.3 is 0 Å². The van der Waals surface area contributed by atoms with Gasteiger partial charge in [-0.25, -0.2) is 8.42 Å². The second-order valence-corrected chi connectivity index (χ2v) is 7.06. The van der Waals surface area contributed by atoms with Crippen LogP contribution in [0.5, 0.6) is 0 Å². The third-order valence-corrected chi connectivity index (χ3v) is 3.97. The van der Waals surface area contributed by atoms with Gasteiger partial charge in [-0.1, -0.05) is 43.3 Å². The van der Waals surface area contributed by atoms with Gasteiger partial charge in [0.25, 0.3) is 0 Å². The largest absolute Gasteiger partial charge is 0.325 e. The Bertz CT molecular complexity index is 773. The van der Waals surface area contributed by atoms with E-state index >= 15 is 0 Å². The number of nitrogens with one attached hydrogen (secondary N) is 2. The first-order valence-corrected chi connectivity index (χ1v) is 9.22. The van der Waals surface area contributed by atoms with Crippen molar-refractivity contribution in [3.63, 3.8) is 0 Å². The van der Waals surface area contributed by atoms with Crippen LogP contribution in [0.4, 0.5) is 11.4 Å². The van der Waals surface area contributed by atoms with Crippen LogP contribution in [0, 0.1) is 0 Å². The molecule has 0 aliphatic carbocycles. The number of hydrogen-bond acceptors (Lipinski definition) is 3. The Morgan fingerprint density at radius 1 is 1.04 bits per heavy atom. The van der Waals surface area contributed by atoms with Crippen LogP contribution in [-0.2, 0) is 14.8 Å². The highest BCUT2D eigenvalue weighted by Crippen LogP contribution is 2.23. The van der Waals surface area contributed by atoms with Crippen molar-refractivity contribution in [1.29, 1.82) is 0 Å². The number of carbonyl (C=O) groups is 1. The number of anilines is 2. The summed E-state index contributed by atoms with van der Waals surface area (Å²) < 4.78 is 24.9. The molecule has 0 saturated heterocycles. The molecule has 122 valence electrons. The van der Waals surface area contributed by atoms with Crippen molar-refractivity contribution in [3.8, 4) is 0 Å². The average molecular weight is 332 g/mol. The predicted molar refractivity (Wildman–Crippen MR) is 93.0 cm³/mol. The van der Waals surface area contributed by atoms with E-state index in [9.17, 15) is 13.2 Å². The summed E-state index contributed by atoms with van der Waals surface area (Å²) in [6.45, 7) is 1.96. The molecule has 2 aromatic rings. The molecule has 2 aromatic carbocycles. The second-order valence-electron chi connectivity index (χ2n) is 5.32. The fourth-order valence-corrected chi connectivity index (χ4v) is 2.92. The lowest BCUT2D eigenvalue weighted by molar-refractivity contribution is -0.117. The first-order chi connectivity index (χ1) is 10.9. The van der Waals surface area contributed by atoms with Crippen LogP contribution in [0.2, 0.25) is 0 Å². The summed E-state index contributed by atoms with van der Waals surface area (Å²) in [5, 5.41) is 2.84. The number of hydrogen-bond donors (Lipinski definition) is 2. The highest BCUT2D eigenvalue weighted by molar-refractivity contribution is 7.92. The Kier molecular flexibility index (Phi) is 5.39. The molecule has 1 amide bonds. The normalized spacial score (nSPS) is 12.4. The molecule has 1 atom stereocenters. The first-order valence-electron chi connectivity index (χ1n) is 7.32. The summed E-state index contributed by atoms with van der Waals surface area (Å²) in [7, 11) is -3.35. The summed E-state index contributed by atoms with van der Waals surface area (Å²) in [4.78, 5) is 12.5. The molecule has 0 heterocycles. The molecule has 0 saturated carbocycles. The van der Waals surface area contributed by atoms with E-state index in [-0.39, 0.29) is 11.8 Å². The van der Waals surface area contributed by atoms with Crippen molar-refractivity contribution in [3.05, 3.63) is 60.2 Å². The average Bonchev–Trinajstić information content (AvgIpc) is 2.47. The number of sulfonamides is 1. The van der Waals surface area contributed by atoms with E-state index in [1.807, 2.05) is 37.3 Å². The molecule has 0 aromatic heterocycles. The Morgan fingerprint density at radius 3 is 2.30 bits per heavy atom. The minimum absolute atomic E-state index is 0.116. The lowest BCUT2D eigenvalue weighted by atomic mass is 9.95. The minimum Gasteiger partial charge on any atom is -0.325 e. The van der Waals surface area contributed by atoms with E-state index in [0.29, 0.717) is 17.8 Å². The van der Waals surface area contributed by atoms with E-state index in [0.717, 1.165) is 11.8 Å². The molecular weight excluding hydrogens is 312 g/mol. The van der Waals surface area contributed by atoms with Gasteiger partial charge in [0.1, 0.15) is 0 Å². The smallest absolute Gasteiger partial charge is 0.231 e.